The lowest BCUT2D eigenvalue weighted by atomic mass is 10.0. The van der Waals surface area contributed by atoms with E-state index in [0.29, 0.717) is 99.0 Å². The number of carbonyl (C=O) groups excluding carboxylic acids is 4. The van der Waals surface area contributed by atoms with Crippen LogP contribution in [0.4, 0.5) is 0 Å². The maximum Gasteiger partial charge on any atom is 0.332 e. The Labute approximate surface area is 392 Å². The standard InChI is InChI=1S/C46H46Cl2N4O12S2/c47-33-13-9-31(10-14-33)39(19-21-49-23-27-61-28-24-49)51-43(55)35-5-1-3-7-37(35)45(65(51,57)58)63-41(53)17-18-42(54)64-46-38-8-4-2-6-36(38)44(56)52(66(46,59)60)40(32-11-15-34(48)16-12-32)20-22-50-25-29-62-30-26-50/h1-18,39-40,45-46H,19-30H2/b18-17+. The second-order valence-corrected chi connectivity index (χ2v) is 20.5. The summed E-state index contributed by atoms with van der Waals surface area (Å²) in [6.45, 7) is 5.28. The molecule has 2 amide bonds. The molecule has 2 fully saturated rings. The fourth-order valence-electron chi connectivity index (χ4n) is 8.57. The van der Waals surface area contributed by atoms with Crippen molar-refractivity contribution in [1.82, 2.24) is 18.4 Å². The fraction of sp³-hybridized carbons (Fsp3) is 0.348. The van der Waals surface area contributed by atoms with Gasteiger partial charge in [-0.1, -0.05) is 83.9 Å². The Kier molecular flexibility index (Phi) is 14.6. The number of halogens is 2. The normalized spacial score (nSPS) is 21.7. The molecule has 0 aliphatic carbocycles. The molecular formula is C46H46Cl2N4O12S2. The molecule has 66 heavy (non-hydrogen) atoms. The Morgan fingerprint density at radius 3 is 1.29 bits per heavy atom. The van der Waals surface area contributed by atoms with E-state index >= 15 is 0 Å². The van der Waals surface area contributed by atoms with Crippen molar-refractivity contribution in [3.05, 3.63) is 153 Å². The maximum atomic E-state index is 14.7. The molecule has 4 heterocycles. The van der Waals surface area contributed by atoms with Gasteiger partial charge < -0.3 is 18.9 Å². The predicted octanol–water partition coefficient (Wildman–Crippen LogP) is 5.83. The Hall–Kier alpha value is -5.18. The summed E-state index contributed by atoms with van der Waals surface area (Å²) < 4.78 is 82.2. The van der Waals surface area contributed by atoms with Gasteiger partial charge in [0.1, 0.15) is 0 Å². The van der Waals surface area contributed by atoms with E-state index in [-0.39, 0.29) is 35.1 Å². The van der Waals surface area contributed by atoms with Gasteiger partial charge in [-0.05, 0) is 60.4 Å². The molecule has 348 valence electrons. The monoisotopic (exact) mass is 980 g/mol. The number of amides is 2. The van der Waals surface area contributed by atoms with Crippen molar-refractivity contribution in [1.29, 1.82) is 0 Å². The van der Waals surface area contributed by atoms with E-state index in [9.17, 15) is 36.0 Å². The third kappa shape index (κ3) is 10.1. The molecule has 20 heteroatoms. The van der Waals surface area contributed by atoms with E-state index in [1.54, 1.807) is 60.7 Å². The highest BCUT2D eigenvalue weighted by Gasteiger charge is 2.51. The van der Waals surface area contributed by atoms with Crippen molar-refractivity contribution in [2.45, 2.75) is 35.8 Å². The molecule has 4 aromatic rings. The van der Waals surface area contributed by atoms with Crippen LogP contribution in [0.5, 0.6) is 0 Å². The second-order valence-electron chi connectivity index (χ2n) is 16.0. The van der Waals surface area contributed by atoms with Gasteiger partial charge in [0.2, 0.25) is 10.9 Å². The second kappa shape index (κ2) is 20.4. The van der Waals surface area contributed by atoms with E-state index in [2.05, 4.69) is 9.80 Å². The Morgan fingerprint density at radius 2 is 0.924 bits per heavy atom. The molecule has 4 aliphatic rings. The highest BCUT2D eigenvalue weighted by molar-refractivity contribution is 7.90. The average molecular weight is 982 g/mol. The zero-order chi connectivity index (χ0) is 46.6. The maximum absolute atomic E-state index is 14.7. The molecule has 0 spiro atoms. The first-order valence-electron chi connectivity index (χ1n) is 21.3. The summed E-state index contributed by atoms with van der Waals surface area (Å²) in [5.41, 5.74) is -3.30. The molecular weight excluding hydrogens is 936 g/mol. The number of hydrogen-bond donors (Lipinski definition) is 0. The van der Waals surface area contributed by atoms with Crippen molar-refractivity contribution in [3.8, 4) is 0 Å². The first-order chi connectivity index (χ1) is 31.7. The topological polar surface area (TPSA) is 186 Å². The zero-order valence-corrected chi connectivity index (χ0v) is 38.6. The minimum absolute atomic E-state index is 0.0130. The van der Waals surface area contributed by atoms with Gasteiger partial charge in [-0.2, -0.15) is 0 Å². The number of carbonyl (C=O) groups is 4. The van der Waals surface area contributed by atoms with Crippen LogP contribution in [0.2, 0.25) is 10.0 Å². The van der Waals surface area contributed by atoms with E-state index in [0.717, 1.165) is 8.61 Å². The number of rotatable bonds is 14. The van der Waals surface area contributed by atoms with Gasteiger partial charge in [-0.15, -0.1) is 0 Å². The van der Waals surface area contributed by atoms with Crippen LogP contribution in [0.15, 0.2) is 109 Å². The quantitative estimate of drug-likeness (QED) is 0.109. The Morgan fingerprint density at radius 1 is 0.576 bits per heavy atom. The number of fused-ring (bicyclic) bond motifs is 2. The lowest BCUT2D eigenvalue weighted by molar-refractivity contribution is -0.142. The van der Waals surface area contributed by atoms with Crippen molar-refractivity contribution in [3.63, 3.8) is 0 Å². The predicted molar refractivity (Wildman–Crippen MR) is 242 cm³/mol. The molecule has 0 radical (unpaired) electrons. The van der Waals surface area contributed by atoms with Crippen molar-refractivity contribution in [2.75, 3.05) is 65.7 Å². The number of esters is 2. The van der Waals surface area contributed by atoms with Gasteiger partial charge in [0, 0.05) is 83.7 Å². The fourth-order valence-corrected chi connectivity index (χ4v) is 12.5. The van der Waals surface area contributed by atoms with Gasteiger partial charge in [-0.25, -0.2) is 35.0 Å². The number of benzene rings is 4. The molecule has 0 saturated carbocycles. The number of morpholine rings is 2. The summed E-state index contributed by atoms with van der Waals surface area (Å²) >= 11 is 12.4. The lowest BCUT2D eigenvalue weighted by Crippen LogP contribution is -2.48. The summed E-state index contributed by atoms with van der Waals surface area (Å²) in [5.74, 6) is -4.26. The number of hydrogen-bond acceptors (Lipinski definition) is 14. The van der Waals surface area contributed by atoms with Crippen LogP contribution < -0.4 is 0 Å². The van der Waals surface area contributed by atoms with Gasteiger partial charge in [0.15, 0.2) is 0 Å². The minimum atomic E-state index is -4.82. The first-order valence-corrected chi connectivity index (χ1v) is 25.0. The van der Waals surface area contributed by atoms with Gasteiger partial charge in [0.05, 0.1) is 38.5 Å². The highest BCUT2D eigenvalue weighted by Crippen LogP contribution is 2.44. The van der Waals surface area contributed by atoms with Crippen LogP contribution in [0.1, 0.15) is 78.8 Å². The molecule has 0 aromatic heterocycles. The lowest BCUT2D eigenvalue weighted by Gasteiger charge is -2.39. The Bertz CT molecular complexity index is 2530. The summed E-state index contributed by atoms with van der Waals surface area (Å²) in [7, 11) is -9.64. The van der Waals surface area contributed by atoms with Gasteiger partial charge in [0.25, 0.3) is 31.9 Å². The average Bonchev–Trinajstić information content (AvgIpc) is 3.32. The summed E-state index contributed by atoms with van der Waals surface area (Å²) in [5, 5.41) is 0.803. The molecule has 4 aliphatic heterocycles. The van der Waals surface area contributed by atoms with Crippen molar-refractivity contribution < 1.29 is 55.0 Å². The van der Waals surface area contributed by atoms with Crippen LogP contribution in [0, 0.1) is 0 Å². The third-order valence-electron chi connectivity index (χ3n) is 11.9. The molecule has 2 saturated heterocycles. The van der Waals surface area contributed by atoms with Crippen molar-refractivity contribution >= 4 is 67.0 Å². The van der Waals surface area contributed by atoms with Gasteiger partial charge >= 0.3 is 11.9 Å². The number of nitrogens with zero attached hydrogens (tertiary/aromatic N) is 4. The third-order valence-corrected chi connectivity index (χ3v) is 16.1. The minimum Gasteiger partial charge on any atom is -0.436 e. The Balaban J connectivity index is 1.05. The molecule has 4 aromatic carbocycles. The SMILES string of the molecule is O=C(/C=C/C(=O)OC1c2ccccc2C(=O)N(C(CCN2CCOCC2)c2ccc(Cl)cc2)S1(=O)=O)OC1c2ccccc2C(=O)N(C(CCN2CCOCC2)c2ccc(Cl)cc2)S1(=O)=O. The first kappa shape index (κ1) is 47.3. The highest BCUT2D eigenvalue weighted by atomic mass is 35.5. The molecule has 0 bridgehead atoms. The molecule has 4 unspecified atom stereocenters. The summed E-state index contributed by atoms with van der Waals surface area (Å²) in [6.07, 6.45) is 1.59. The summed E-state index contributed by atoms with van der Waals surface area (Å²) in [6, 6.07) is 22.5. The van der Waals surface area contributed by atoms with Crippen LogP contribution in [-0.4, -0.2) is 125 Å². The largest absolute Gasteiger partial charge is 0.436 e. The van der Waals surface area contributed by atoms with Crippen LogP contribution in [0.25, 0.3) is 0 Å². The van der Waals surface area contributed by atoms with Crippen LogP contribution in [0.3, 0.4) is 0 Å². The van der Waals surface area contributed by atoms with Gasteiger partial charge in [-0.3, -0.25) is 19.4 Å². The van der Waals surface area contributed by atoms with Crippen LogP contribution in [-0.2, 0) is 48.6 Å². The smallest absolute Gasteiger partial charge is 0.332 e. The van der Waals surface area contributed by atoms with Crippen LogP contribution >= 0.6 is 23.2 Å². The molecule has 0 N–H and O–H groups in total. The van der Waals surface area contributed by atoms with E-state index in [4.69, 9.17) is 42.1 Å². The van der Waals surface area contributed by atoms with E-state index in [1.807, 2.05) is 0 Å². The summed E-state index contributed by atoms with van der Waals surface area (Å²) in [4.78, 5) is 59.8. The molecule has 8 rings (SSSR count). The zero-order valence-electron chi connectivity index (χ0n) is 35.4. The van der Waals surface area contributed by atoms with E-state index < -0.39 is 66.8 Å². The van der Waals surface area contributed by atoms with Crippen molar-refractivity contribution in [2.24, 2.45) is 0 Å². The number of ether oxygens (including phenoxy) is 4. The van der Waals surface area contributed by atoms with E-state index in [1.165, 1.54) is 36.4 Å². The molecule has 16 nitrogen and oxygen atoms in total. The molecule has 4 atom stereocenters. The number of sulfonamides is 2.